The van der Waals surface area contributed by atoms with Gasteiger partial charge in [-0.05, 0) is 26.7 Å². The molecule has 1 unspecified atom stereocenters. The van der Waals surface area contributed by atoms with Gasteiger partial charge in [0.15, 0.2) is 0 Å². The summed E-state index contributed by atoms with van der Waals surface area (Å²) in [6.45, 7) is 5.86. The predicted molar refractivity (Wildman–Crippen MR) is 58.4 cm³/mol. The van der Waals surface area contributed by atoms with Crippen molar-refractivity contribution in [1.29, 1.82) is 0 Å². The molecule has 1 fully saturated rings. The number of rotatable bonds is 3. The maximum absolute atomic E-state index is 5.87. The van der Waals surface area contributed by atoms with Crippen molar-refractivity contribution in [2.45, 2.75) is 44.9 Å². The van der Waals surface area contributed by atoms with Crippen molar-refractivity contribution >= 4 is 0 Å². The van der Waals surface area contributed by atoms with E-state index in [1.165, 1.54) is 0 Å². The topological polar surface area (TPSA) is 53.1 Å². The molecule has 2 N–H and O–H groups in total. The zero-order valence-electron chi connectivity index (χ0n) is 9.44. The van der Waals surface area contributed by atoms with Gasteiger partial charge in [-0.25, -0.2) is 4.98 Å². The zero-order valence-corrected chi connectivity index (χ0v) is 9.44. The quantitative estimate of drug-likeness (QED) is 0.820. The second-order valence-electron chi connectivity index (χ2n) is 4.64. The van der Waals surface area contributed by atoms with Gasteiger partial charge in [-0.3, -0.25) is 0 Å². The monoisotopic (exact) mass is 209 g/mol. The highest BCUT2D eigenvalue weighted by atomic mass is 16.5. The summed E-state index contributed by atoms with van der Waals surface area (Å²) < 4.78 is 7.87. The second-order valence-corrected chi connectivity index (χ2v) is 4.64. The Morgan fingerprint density at radius 1 is 1.73 bits per heavy atom. The van der Waals surface area contributed by atoms with Crippen molar-refractivity contribution in [3.63, 3.8) is 0 Å². The molecular formula is C11H19N3O. The lowest BCUT2D eigenvalue weighted by molar-refractivity contribution is 0.00554. The Labute approximate surface area is 90.4 Å². The first-order chi connectivity index (χ1) is 7.11. The molecule has 0 bridgehead atoms. The first kappa shape index (κ1) is 10.6. The molecule has 2 rings (SSSR count). The molecule has 2 atom stereocenters. The molecule has 0 aromatic carbocycles. The van der Waals surface area contributed by atoms with Gasteiger partial charge in [0, 0.05) is 18.8 Å². The molecule has 1 saturated heterocycles. The fraction of sp³-hybridized carbons (Fsp3) is 0.727. The number of imidazole rings is 1. The molecule has 4 heteroatoms. The highest BCUT2D eigenvalue weighted by Gasteiger charge is 2.30. The number of aromatic nitrogens is 2. The van der Waals surface area contributed by atoms with Gasteiger partial charge < -0.3 is 15.0 Å². The highest BCUT2D eigenvalue weighted by Crippen LogP contribution is 2.27. The molecule has 2 heterocycles. The van der Waals surface area contributed by atoms with Crippen LogP contribution in [0.1, 0.15) is 38.4 Å². The highest BCUT2D eigenvalue weighted by molar-refractivity contribution is 5.04. The molecule has 0 radical (unpaired) electrons. The Bertz CT molecular complexity index is 326. The van der Waals surface area contributed by atoms with Gasteiger partial charge in [-0.2, -0.15) is 0 Å². The average molecular weight is 209 g/mol. The van der Waals surface area contributed by atoms with E-state index in [4.69, 9.17) is 10.5 Å². The smallest absolute Gasteiger partial charge is 0.0949 e. The summed E-state index contributed by atoms with van der Waals surface area (Å²) in [7, 11) is 0. The van der Waals surface area contributed by atoms with Crippen LogP contribution in [0.15, 0.2) is 12.5 Å². The molecule has 1 aromatic heterocycles. The van der Waals surface area contributed by atoms with Crippen molar-refractivity contribution < 1.29 is 4.74 Å². The second kappa shape index (κ2) is 3.94. The molecule has 0 amide bonds. The van der Waals surface area contributed by atoms with Gasteiger partial charge in [0.2, 0.25) is 0 Å². The first-order valence-electron chi connectivity index (χ1n) is 5.50. The largest absolute Gasteiger partial charge is 0.373 e. The summed E-state index contributed by atoms with van der Waals surface area (Å²) in [6.07, 6.45) is 5.94. The standard InChI is InChI=1S/C11H19N3O/c1-9(12)10-6-13-8-14(10)7-11(2)4-3-5-15-11/h6,8-9H,3-5,7,12H2,1-2H3/t9-,11?/m1/s1. The van der Waals surface area contributed by atoms with E-state index in [0.717, 1.165) is 31.7 Å². The van der Waals surface area contributed by atoms with Crippen molar-refractivity contribution in [2.24, 2.45) is 5.73 Å². The van der Waals surface area contributed by atoms with Crippen LogP contribution in [0.5, 0.6) is 0 Å². The summed E-state index contributed by atoms with van der Waals surface area (Å²) in [6, 6.07) is 0.0255. The van der Waals surface area contributed by atoms with E-state index in [2.05, 4.69) is 16.5 Å². The van der Waals surface area contributed by atoms with Crippen LogP contribution in [0.4, 0.5) is 0 Å². The van der Waals surface area contributed by atoms with E-state index in [-0.39, 0.29) is 11.6 Å². The van der Waals surface area contributed by atoms with Crippen LogP contribution in [0.2, 0.25) is 0 Å². The number of ether oxygens (including phenoxy) is 1. The molecule has 4 nitrogen and oxygen atoms in total. The van der Waals surface area contributed by atoms with Gasteiger partial charge >= 0.3 is 0 Å². The molecule has 1 aliphatic rings. The van der Waals surface area contributed by atoms with E-state index in [1.807, 2.05) is 19.4 Å². The zero-order chi connectivity index (χ0) is 10.9. The molecule has 1 aliphatic heterocycles. The minimum absolute atomic E-state index is 0.0255. The van der Waals surface area contributed by atoms with Crippen LogP contribution >= 0.6 is 0 Å². The molecule has 1 aromatic rings. The SMILES string of the molecule is C[C@@H](N)c1cncn1CC1(C)CCCO1. The van der Waals surface area contributed by atoms with Gasteiger partial charge in [0.05, 0.1) is 24.2 Å². The number of nitrogens with zero attached hydrogens (tertiary/aromatic N) is 2. The van der Waals surface area contributed by atoms with Crippen molar-refractivity contribution in [1.82, 2.24) is 9.55 Å². The molecule has 84 valence electrons. The van der Waals surface area contributed by atoms with E-state index in [9.17, 15) is 0 Å². The number of hydrogen-bond acceptors (Lipinski definition) is 3. The van der Waals surface area contributed by atoms with Crippen molar-refractivity contribution in [3.05, 3.63) is 18.2 Å². The van der Waals surface area contributed by atoms with E-state index < -0.39 is 0 Å². The third-order valence-electron chi connectivity index (χ3n) is 3.02. The summed E-state index contributed by atoms with van der Waals surface area (Å²) in [5.41, 5.74) is 6.91. The van der Waals surface area contributed by atoms with Crippen LogP contribution in [0.25, 0.3) is 0 Å². The Hall–Kier alpha value is -0.870. The third-order valence-corrected chi connectivity index (χ3v) is 3.02. The van der Waals surface area contributed by atoms with Crippen LogP contribution in [-0.4, -0.2) is 21.8 Å². The molecule has 0 saturated carbocycles. The fourth-order valence-corrected chi connectivity index (χ4v) is 2.16. The minimum Gasteiger partial charge on any atom is -0.373 e. The first-order valence-corrected chi connectivity index (χ1v) is 5.50. The number of nitrogens with two attached hydrogens (primary N) is 1. The van der Waals surface area contributed by atoms with Crippen molar-refractivity contribution in [2.75, 3.05) is 6.61 Å². The number of hydrogen-bond donors (Lipinski definition) is 1. The van der Waals surface area contributed by atoms with Crippen LogP contribution in [-0.2, 0) is 11.3 Å². The Morgan fingerprint density at radius 3 is 3.13 bits per heavy atom. The average Bonchev–Trinajstić information content (AvgIpc) is 2.75. The van der Waals surface area contributed by atoms with Gasteiger partial charge in [-0.1, -0.05) is 0 Å². The van der Waals surface area contributed by atoms with Crippen LogP contribution in [0, 0.1) is 0 Å². The van der Waals surface area contributed by atoms with Crippen LogP contribution in [0.3, 0.4) is 0 Å². The lowest BCUT2D eigenvalue weighted by Crippen LogP contribution is -2.30. The Kier molecular flexibility index (Phi) is 2.80. The maximum atomic E-state index is 5.87. The normalized spacial score (nSPS) is 28.2. The van der Waals surface area contributed by atoms with E-state index in [1.54, 1.807) is 0 Å². The van der Waals surface area contributed by atoms with Crippen molar-refractivity contribution in [3.8, 4) is 0 Å². The van der Waals surface area contributed by atoms with Gasteiger partial charge in [-0.15, -0.1) is 0 Å². The summed E-state index contributed by atoms with van der Waals surface area (Å²) in [5.74, 6) is 0. The van der Waals surface area contributed by atoms with Gasteiger partial charge in [0.25, 0.3) is 0 Å². The lowest BCUT2D eigenvalue weighted by Gasteiger charge is -2.25. The van der Waals surface area contributed by atoms with Crippen LogP contribution < -0.4 is 5.73 Å². The third kappa shape index (κ3) is 2.21. The van der Waals surface area contributed by atoms with E-state index >= 15 is 0 Å². The summed E-state index contributed by atoms with van der Waals surface area (Å²) >= 11 is 0. The Morgan fingerprint density at radius 2 is 2.53 bits per heavy atom. The molecule has 15 heavy (non-hydrogen) atoms. The Balaban J connectivity index is 2.13. The maximum Gasteiger partial charge on any atom is 0.0949 e. The minimum atomic E-state index is -0.0374. The summed E-state index contributed by atoms with van der Waals surface area (Å²) in [4.78, 5) is 4.14. The molecule has 0 aliphatic carbocycles. The van der Waals surface area contributed by atoms with E-state index in [0.29, 0.717) is 0 Å². The van der Waals surface area contributed by atoms with Gasteiger partial charge in [0.1, 0.15) is 0 Å². The lowest BCUT2D eigenvalue weighted by atomic mass is 10.0. The predicted octanol–water partition coefficient (Wildman–Crippen LogP) is 1.47. The molecule has 0 spiro atoms. The fourth-order valence-electron chi connectivity index (χ4n) is 2.16. The summed E-state index contributed by atoms with van der Waals surface area (Å²) in [5, 5.41) is 0. The molecular weight excluding hydrogens is 190 g/mol.